The topological polar surface area (TPSA) is 55.6 Å². The molecule has 0 radical (unpaired) electrons. The summed E-state index contributed by atoms with van der Waals surface area (Å²) in [6.07, 6.45) is 2.74. The van der Waals surface area contributed by atoms with Crippen molar-refractivity contribution in [2.45, 2.75) is 26.2 Å². The van der Waals surface area contributed by atoms with Crippen LogP contribution in [0.2, 0.25) is 0 Å². The molecule has 2 N–H and O–H groups in total. The van der Waals surface area contributed by atoms with E-state index in [0.717, 1.165) is 37.6 Å². The largest absolute Gasteiger partial charge is 0.397 e. The Hall–Kier alpha value is -1.07. The SMILES string of the molecule is CCC(=O)c1sc(N(C)CC2CCOCC2)cc1N. The first-order valence-electron chi connectivity index (χ1n) is 6.83. The van der Waals surface area contributed by atoms with Gasteiger partial charge in [-0.25, -0.2) is 0 Å². The Morgan fingerprint density at radius 3 is 2.84 bits per heavy atom. The quantitative estimate of drug-likeness (QED) is 0.844. The van der Waals surface area contributed by atoms with Gasteiger partial charge < -0.3 is 15.4 Å². The Balaban J connectivity index is 2.02. The van der Waals surface area contributed by atoms with Crippen LogP contribution < -0.4 is 10.6 Å². The first-order chi connectivity index (χ1) is 9.11. The highest BCUT2D eigenvalue weighted by atomic mass is 32.1. The van der Waals surface area contributed by atoms with Gasteiger partial charge in [0.1, 0.15) is 0 Å². The molecule has 0 atom stereocenters. The molecule has 0 aliphatic carbocycles. The number of carbonyl (C=O) groups is 1. The third-order valence-corrected chi connectivity index (χ3v) is 4.88. The van der Waals surface area contributed by atoms with Crippen LogP contribution in [0.4, 0.5) is 10.7 Å². The molecule has 1 aliphatic rings. The van der Waals surface area contributed by atoms with Gasteiger partial charge in [0.15, 0.2) is 5.78 Å². The molecule has 0 aromatic carbocycles. The zero-order chi connectivity index (χ0) is 13.8. The number of Topliss-reactive ketones (excluding diaryl/α,β-unsaturated/α-hetero) is 1. The van der Waals surface area contributed by atoms with E-state index < -0.39 is 0 Å². The lowest BCUT2D eigenvalue weighted by atomic mass is 10.00. The van der Waals surface area contributed by atoms with E-state index in [0.29, 0.717) is 22.9 Å². The van der Waals surface area contributed by atoms with Gasteiger partial charge in [0, 0.05) is 33.2 Å². The lowest BCUT2D eigenvalue weighted by Crippen LogP contribution is -2.29. The summed E-state index contributed by atoms with van der Waals surface area (Å²) in [6.45, 7) is 4.60. The number of nitrogen functional groups attached to an aromatic ring is 1. The molecule has 1 saturated heterocycles. The molecule has 1 fully saturated rings. The predicted molar refractivity (Wildman–Crippen MR) is 80.2 cm³/mol. The fraction of sp³-hybridized carbons (Fsp3) is 0.643. The Morgan fingerprint density at radius 2 is 2.21 bits per heavy atom. The molecule has 5 heteroatoms. The first-order valence-corrected chi connectivity index (χ1v) is 7.64. The second-order valence-electron chi connectivity index (χ2n) is 5.08. The first kappa shape index (κ1) is 14.3. The molecular weight excluding hydrogens is 260 g/mol. The fourth-order valence-corrected chi connectivity index (χ4v) is 3.42. The van der Waals surface area contributed by atoms with Gasteiger partial charge in [0.05, 0.1) is 15.6 Å². The fourth-order valence-electron chi connectivity index (χ4n) is 2.36. The maximum atomic E-state index is 11.8. The highest BCUT2D eigenvalue weighted by Gasteiger charge is 2.19. The minimum absolute atomic E-state index is 0.133. The van der Waals surface area contributed by atoms with E-state index in [9.17, 15) is 4.79 Å². The second-order valence-corrected chi connectivity index (χ2v) is 6.11. The number of thiophene rings is 1. The molecule has 0 spiro atoms. The van der Waals surface area contributed by atoms with Gasteiger partial charge >= 0.3 is 0 Å². The van der Waals surface area contributed by atoms with Gasteiger partial charge in [0.25, 0.3) is 0 Å². The molecule has 4 nitrogen and oxygen atoms in total. The van der Waals surface area contributed by atoms with Crippen molar-refractivity contribution in [3.05, 3.63) is 10.9 Å². The molecule has 1 aromatic heterocycles. The molecule has 19 heavy (non-hydrogen) atoms. The minimum Gasteiger partial charge on any atom is -0.397 e. The molecule has 1 aliphatic heterocycles. The second kappa shape index (κ2) is 6.39. The van der Waals surface area contributed by atoms with E-state index in [1.807, 2.05) is 13.0 Å². The lowest BCUT2D eigenvalue weighted by molar-refractivity contribution is 0.0685. The van der Waals surface area contributed by atoms with Crippen molar-refractivity contribution >= 4 is 27.8 Å². The zero-order valence-electron chi connectivity index (χ0n) is 11.6. The van der Waals surface area contributed by atoms with Gasteiger partial charge in [-0.1, -0.05) is 6.92 Å². The monoisotopic (exact) mass is 282 g/mol. The van der Waals surface area contributed by atoms with Gasteiger partial charge in [-0.2, -0.15) is 0 Å². The summed E-state index contributed by atoms with van der Waals surface area (Å²) in [5.74, 6) is 0.806. The van der Waals surface area contributed by atoms with Crippen LogP contribution in [0.1, 0.15) is 35.9 Å². The van der Waals surface area contributed by atoms with Crippen molar-refractivity contribution in [3.8, 4) is 0 Å². The van der Waals surface area contributed by atoms with Crippen LogP contribution in [-0.4, -0.2) is 32.6 Å². The standard InChI is InChI=1S/C14H22N2O2S/c1-3-12(17)14-11(15)8-13(19-14)16(2)9-10-4-6-18-7-5-10/h8,10H,3-7,9,15H2,1-2H3. The summed E-state index contributed by atoms with van der Waals surface area (Å²) >= 11 is 1.51. The molecule has 0 unspecified atom stereocenters. The Kier molecular flexibility index (Phi) is 4.82. The predicted octanol–water partition coefficient (Wildman–Crippen LogP) is 2.79. The van der Waals surface area contributed by atoms with E-state index in [2.05, 4.69) is 11.9 Å². The highest BCUT2D eigenvalue weighted by molar-refractivity contribution is 7.18. The van der Waals surface area contributed by atoms with Gasteiger partial charge in [-0.3, -0.25) is 4.79 Å². The Morgan fingerprint density at radius 1 is 1.53 bits per heavy atom. The number of ketones is 1. The van der Waals surface area contributed by atoms with Crippen LogP contribution in [0.3, 0.4) is 0 Å². The van der Waals surface area contributed by atoms with Crippen molar-refractivity contribution in [2.75, 3.05) is 37.4 Å². The highest BCUT2D eigenvalue weighted by Crippen LogP contribution is 2.33. The molecule has 2 heterocycles. The van der Waals surface area contributed by atoms with Crippen molar-refractivity contribution in [3.63, 3.8) is 0 Å². The van der Waals surface area contributed by atoms with E-state index in [1.165, 1.54) is 11.3 Å². The summed E-state index contributed by atoms with van der Waals surface area (Å²) in [4.78, 5) is 14.7. The maximum absolute atomic E-state index is 11.8. The van der Waals surface area contributed by atoms with E-state index >= 15 is 0 Å². The van der Waals surface area contributed by atoms with Gasteiger partial charge in [0.2, 0.25) is 0 Å². The third-order valence-electron chi connectivity index (χ3n) is 3.57. The molecule has 0 bridgehead atoms. The van der Waals surface area contributed by atoms with Crippen molar-refractivity contribution < 1.29 is 9.53 Å². The van der Waals surface area contributed by atoms with Crippen molar-refractivity contribution in [1.29, 1.82) is 0 Å². The average Bonchev–Trinajstić information content (AvgIpc) is 2.81. The summed E-state index contributed by atoms with van der Waals surface area (Å²) in [6, 6.07) is 1.92. The van der Waals surface area contributed by atoms with Crippen molar-refractivity contribution in [1.82, 2.24) is 0 Å². The van der Waals surface area contributed by atoms with E-state index in [-0.39, 0.29) is 5.78 Å². The van der Waals surface area contributed by atoms with Crippen LogP contribution in [0.5, 0.6) is 0 Å². The van der Waals surface area contributed by atoms with Crippen LogP contribution in [0, 0.1) is 5.92 Å². The van der Waals surface area contributed by atoms with E-state index in [4.69, 9.17) is 10.5 Å². The summed E-state index contributed by atoms with van der Waals surface area (Å²) < 4.78 is 5.38. The maximum Gasteiger partial charge on any atom is 0.174 e. The van der Waals surface area contributed by atoms with E-state index in [1.54, 1.807) is 0 Å². The van der Waals surface area contributed by atoms with Crippen LogP contribution in [0.15, 0.2) is 6.07 Å². The molecule has 106 valence electrons. The van der Waals surface area contributed by atoms with Crippen LogP contribution in [0.25, 0.3) is 0 Å². The number of carbonyl (C=O) groups excluding carboxylic acids is 1. The molecule has 0 amide bonds. The lowest BCUT2D eigenvalue weighted by Gasteiger charge is -2.27. The summed E-state index contributed by atoms with van der Waals surface area (Å²) in [5.41, 5.74) is 6.55. The smallest absolute Gasteiger partial charge is 0.174 e. The van der Waals surface area contributed by atoms with Gasteiger partial charge in [-0.15, -0.1) is 11.3 Å². The Bertz CT molecular complexity index is 439. The van der Waals surface area contributed by atoms with Crippen LogP contribution >= 0.6 is 11.3 Å². The molecule has 0 saturated carbocycles. The zero-order valence-corrected chi connectivity index (χ0v) is 12.5. The number of rotatable bonds is 5. The average molecular weight is 282 g/mol. The molecular formula is C14H22N2O2S. The van der Waals surface area contributed by atoms with Crippen molar-refractivity contribution in [2.24, 2.45) is 5.92 Å². The number of ether oxygens (including phenoxy) is 1. The molecule has 2 rings (SSSR count). The number of nitrogens with two attached hydrogens (primary N) is 1. The number of hydrogen-bond donors (Lipinski definition) is 1. The minimum atomic E-state index is 0.133. The third kappa shape index (κ3) is 3.48. The normalized spacial score (nSPS) is 16.5. The summed E-state index contributed by atoms with van der Waals surface area (Å²) in [7, 11) is 2.07. The van der Waals surface area contributed by atoms with Crippen LogP contribution in [-0.2, 0) is 4.74 Å². The number of hydrogen-bond acceptors (Lipinski definition) is 5. The number of nitrogens with zero attached hydrogens (tertiary/aromatic N) is 1. The molecule has 1 aromatic rings. The summed E-state index contributed by atoms with van der Waals surface area (Å²) in [5, 5.41) is 1.08. The van der Waals surface area contributed by atoms with Gasteiger partial charge in [-0.05, 0) is 24.8 Å². The Labute approximate surface area is 118 Å². The number of anilines is 2.